The van der Waals surface area contributed by atoms with Gasteiger partial charge in [0.1, 0.15) is 0 Å². The molecule has 2 aromatic rings. The molecule has 0 saturated carbocycles. The van der Waals surface area contributed by atoms with E-state index in [1.165, 1.54) is 6.07 Å². The van der Waals surface area contributed by atoms with Gasteiger partial charge in [0.15, 0.2) is 0 Å². The van der Waals surface area contributed by atoms with Crippen LogP contribution in [0.25, 0.3) is 0 Å². The molecule has 0 fully saturated rings. The van der Waals surface area contributed by atoms with Crippen molar-refractivity contribution in [2.45, 2.75) is 19.3 Å². The Labute approximate surface area is 137 Å². The Morgan fingerprint density at radius 1 is 1.18 bits per heavy atom. The average Bonchev–Trinajstić information content (AvgIpc) is 2.50. The summed E-state index contributed by atoms with van der Waals surface area (Å²) in [5.41, 5.74) is 1.09. The SMILES string of the molecule is CC[C@@H](C(=O)Nc1ccc(Br)cc1C(=O)[O-])c1ccccc1. The second kappa shape index (κ2) is 7.22. The van der Waals surface area contributed by atoms with Gasteiger partial charge >= 0.3 is 0 Å². The third kappa shape index (κ3) is 3.74. The summed E-state index contributed by atoms with van der Waals surface area (Å²) in [5, 5.41) is 13.9. The van der Waals surface area contributed by atoms with Gasteiger partial charge in [-0.2, -0.15) is 0 Å². The van der Waals surface area contributed by atoms with E-state index in [-0.39, 0.29) is 23.1 Å². The number of amides is 1. The van der Waals surface area contributed by atoms with Crippen LogP contribution in [0, 0.1) is 0 Å². The first-order valence-corrected chi connectivity index (χ1v) is 7.69. The molecule has 0 aliphatic rings. The Morgan fingerprint density at radius 2 is 1.86 bits per heavy atom. The van der Waals surface area contributed by atoms with Crippen LogP contribution in [0.1, 0.15) is 35.2 Å². The van der Waals surface area contributed by atoms with Crippen LogP contribution >= 0.6 is 15.9 Å². The number of nitrogens with one attached hydrogen (secondary N) is 1. The molecule has 0 heterocycles. The van der Waals surface area contributed by atoms with Gasteiger partial charge < -0.3 is 15.2 Å². The number of carboxylic acid groups (broad SMARTS) is 1. The van der Waals surface area contributed by atoms with Crippen molar-refractivity contribution in [2.24, 2.45) is 0 Å². The summed E-state index contributed by atoms with van der Waals surface area (Å²) in [6, 6.07) is 14.0. The fraction of sp³-hybridized carbons (Fsp3) is 0.176. The maximum atomic E-state index is 12.5. The van der Waals surface area contributed by atoms with Gasteiger partial charge in [0.25, 0.3) is 0 Å². The smallest absolute Gasteiger partial charge is 0.231 e. The van der Waals surface area contributed by atoms with Crippen LogP contribution < -0.4 is 10.4 Å². The number of benzene rings is 2. The number of hydrogen-bond donors (Lipinski definition) is 1. The summed E-state index contributed by atoms with van der Waals surface area (Å²) in [6.45, 7) is 1.92. The third-order valence-corrected chi connectivity index (χ3v) is 3.88. The van der Waals surface area contributed by atoms with Crippen molar-refractivity contribution in [3.8, 4) is 0 Å². The molecule has 0 bridgehead atoms. The molecule has 1 N–H and O–H groups in total. The van der Waals surface area contributed by atoms with Crippen molar-refractivity contribution in [1.29, 1.82) is 0 Å². The van der Waals surface area contributed by atoms with Gasteiger partial charge in [-0.05, 0) is 30.2 Å². The number of anilines is 1. The summed E-state index contributed by atoms with van der Waals surface area (Å²) in [7, 11) is 0. The van der Waals surface area contributed by atoms with Gasteiger partial charge in [-0.1, -0.05) is 53.2 Å². The van der Waals surface area contributed by atoms with E-state index < -0.39 is 5.97 Å². The van der Waals surface area contributed by atoms with Gasteiger partial charge in [-0.25, -0.2) is 0 Å². The Bertz CT molecular complexity index is 686. The Morgan fingerprint density at radius 3 is 2.45 bits per heavy atom. The molecular weight excluding hydrogens is 346 g/mol. The van der Waals surface area contributed by atoms with Gasteiger partial charge in [0, 0.05) is 15.7 Å². The molecule has 0 aliphatic heterocycles. The van der Waals surface area contributed by atoms with Crippen LogP contribution in [0.2, 0.25) is 0 Å². The number of carbonyl (C=O) groups excluding carboxylic acids is 2. The van der Waals surface area contributed by atoms with Crippen molar-refractivity contribution in [3.63, 3.8) is 0 Å². The van der Waals surface area contributed by atoms with E-state index in [0.717, 1.165) is 5.56 Å². The molecule has 1 atom stereocenters. The van der Waals surface area contributed by atoms with Crippen molar-refractivity contribution in [2.75, 3.05) is 5.32 Å². The molecule has 0 saturated heterocycles. The lowest BCUT2D eigenvalue weighted by Gasteiger charge is -2.18. The van der Waals surface area contributed by atoms with Crippen molar-refractivity contribution in [1.82, 2.24) is 0 Å². The van der Waals surface area contributed by atoms with Crippen molar-refractivity contribution >= 4 is 33.5 Å². The fourth-order valence-electron chi connectivity index (χ4n) is 2.27. The maximum Gasteiger partial charge on any atom is 0.231 e. The number of aromatic carboxylic acids is 1. The van der Waals surface area contributed by atoms with Gasteiger partial charge in [-0.3, -0.25) is 4.79 Å². The predicted molar refractivity (Wildman–Crippen MR) is 86.6 cm³/mol. The van der Waals surface area contributed by atoms with Crippen molar-refractivity contribution in [3.05, 3.63) is 64.1 Å². The number of carboxylic acids is 1. The lowest BCUT2D eigenvalue weighted by atomic mass is 9.95. The summed E-state index contributed by atoms with van der Waals surface area (Å²) >= 11 is 3.21. The van der Waals surface area contributed by atoms with E-state index in [0.29, 0.717) is 10.9 Å². The Hall–Kier alpha value is -2.14. The highest BCUT2D eigenvalue weighted by molar-refractivity contribution is 9.10. The summed E-state index contributed by atoms with van der Waals surface area (Å²) < 4.78 is 0.611. The second-order valence-corrected chi connectivity index (χ2v) is 5.75. The predicted octanol–water partition coefficient (Wildman–Crippen LogP) is 2.94. The minimum Gasteiger partial charge on any atom is -0.545 e. The molecule has 0 aromatic heterocycles. The largest absolute Gasteiger partial charge is 0.545 e. The minimum absolute atomic E-state index is 0.0503. The molecule has 2 rings (SSSR count). The highest BCUT2D eigenvalue weighted by Crippen LogP contribution is 2.25. The summed E-state index contributed by atoms with van der Waals surface area (Å²) in [4.78, 5) is 23.6. The molecule has 0 unspecified atom stereocenters. The van der Waals surface area contributed by atoms with E-state index in [1.54, 1.807) is 12.1 Å². The molecule has 4 nitrogen and oxygen atoms in total. The van der Waals surface area contributed by atoms with E-state index in [9.17, 15) is 14.7 Å². The van der Waals surface area contributed by atoms with E-state index in [2.05, 4.69) is 21.2 Å². The zero-order valence-electron chi connectivity index (χ0n) is 12.0. The van der Waals surface area contributed by atoms with E-state index in [1.807, 2.05) is 37.3 Å². The highest BCUT2D eigenvalue weighted by Gasteiger charge is 2.19. The first kappa shape index (κ1) is 16.2. The summed E-state index contributed by atoms with van der Waals surface area (Å²) in [5.74, 6) is -1.90. The van der Waals surface area contributed by atoms with Crippen LogP contribution in [-0.4, -0.2) is 11.9 Å². The molecule has 5 heteroatoms. The molecule has 1 amide bonds. The number of rotatable bonds is 5. The lowest BCUT2D eigenvalue weighted by molar-refractivity contribution is -0.254. The Kier molecular flexibility index (Phi) is 5.33. The standard InChI is InChI=1S/C17H16BrNO3/c1-2-13(11-6-4-3-5-7-11)16(20)19-15-9-8-12(18)10-14(15)17(21)22/h3-10,13H,2H2,1H3,(H,19,20)(H,21,22)/p-1/t13-/m1/s1. The fourth-order valence-corrected chi connectivity index (χ4v) is 2.63. The van der Waals surface area contributed by atoms with Gasteiger partial charge in [0.05, 0.1) is 11.9 Å². The zero-order chi connectivity index (χ0) is 16.1. The molecule has 22 heavy (non-hydrogen) atoms. The quantitative estimate of drug-likeness (QED) is 0.890. The van der Waals surface area contributed by atoms with Crippen molar-refractivity contribution < 1.29 is 14.7 Å². The number of hydrogen-bond acceptors (Lipinski definition) is 3. The average molecular weight is 361 g/mol. The normalized spacial score (nSPS) is 11.7. The molecule has 0 radical (unpaired) electrons. The zero-order valence-corrected chi connectivity index (χ0v) is 13.6. The van der Waals surface area contributed by atoms with Gasteiger partial charge in [0.2, 0.25) is 5.91 Å². The maximum absolute atomic E-state index is 12.5. The molecule has 114 valence electrons. The van der Waals surface area contributed by atoms with Crippen LogP contribution in [0.4, 0.5) is 5.69 Å². The van der Waals surface area contributed by atoms with E-state index >= 15 is 0 Å². The lowest BCUT2D eigenvalue weighted by Crippen LogP contribution is -2.26. The topological polar surface area (TPSA) is 69.2 Å². The third-order valence-electron chi connectivity index (χ3n) is 3.39. The number of halogens is 1. The molecule has 0 aliphatic carbocycles. The van der Waals surface area contributed by atoms with E-state index in [4.69, 9.17) is 0 Å². The second-order valence-electron chi connectivity index (χ2n) is 4.84. The molecular formula is C17H15BrNO3-. The molecule has 2 aromatic carbocycles. The Balaban J connectivity index is 2.26. The molecule has 0 spiro atoms. The van der Waals surface area contributed by atoms with Crippen LogP contribution in [0.5, 0.6) is 0 Å². The minimum atomic E-state index is -1.33. The first-order chi connectivity index (χ1) is 10.5. The summed E-state index contributed by atoms with van der Waals surface area (Å²) in [6.07, 6.45) is 0.618. The number of carbonyl (C=O) groups is 2. The monoisotopic (exact) mass is 360 g/mol. The van der Waals surface area contributed by atoms with Crippen LogP contribution in [0.15, 0.2) is 53.0 Å². The van der Waals surface area contributed by atoms with Gasteiger partial charge in [-0.15, -0.1) is 0 Å². The van der Waals surface area contributed by atoms with Crippen LogP contribution in [0.3, 0.4) is 0 Å². The highest BCUT2D eigenvalue weighted by atomic mass is 79.9. The first-order valence-electron chi connectivity index (χ1n) is 6.89. The van der Waals surface area contributed by atoms with Crippen LogP contribution in [-0.2, 0) is 4.79 Å².